The summed E-state index contributed by atoms with van der Waals surface area (Å²) in [5.41, 5.74) is 17.5. The van der Waals surface area contributed by atoms with E-state index in [9.17, 15) is 0 Å². The molecule has 0 saturated heterocycles. The normalized spacial score (nSPS) is 12.7. The quantitative estimate of drug-likeness (QED) is 0.169. The molecule has 278 valence electrons. The van der Waals surface area contributed by atoms with Crippen LogP contribution in [-0.4, -0.2) is 9.97 Å². The molecule has 0 saturated carbocycles. The maximum Gasteiger partial charge on any atom is 0.160 e. The molecule has 0 radical (unpaired) electrons. The molecule has 1 aliphatic carbocycles. The second-order valence-electron chi connectivity index (χ2n) is 16.2. The van der Waals surface area contributed by atoms with Crippen LogP contribution in [-0.2, 0) is 5.41 Å². The first-order valence-corrected chi connectivity index (χ1v) is 20.4. The molecular formula is C57H40N2. The smallest absolute Gasteiger partial charge is 0.160 e. The van der Waals surface area contributed by atoms with Gasteiger partial charge < -0.3 is 0 Å². The highest BCUT2D eigenvalue weighted by Gasteiger charge is 2.37. The monoisotopic (exact) mass is 752 g/mol. The van der Waals surface area contributed by atoms with E-state index in [0.717, 1.165) is 33.6 Å². The standard InChI is InChI=1S/C57H40N2/c1-57(2)51-26-14-25-49(55(51)50-34-42-19-9-10-20-43(42)35-52(50)57)48-32-31-45(46-23-11-12-24-47(46)48)38-27-29-39(30-28-38)53-36-54(59-56(58-53)40-17-7-4-8-18-40)44-22-13-21-41(33-44)37-15-5-3-6-16-37/h3-36H,1-2H3. The summed E-state index contributed by atoms with van der Waals surface area (Å²) in [7, 11) is 0. The first-order valence-electron chi connectivity index (χ1n) is 20.4. The Morgan fingerprint density at radius 3 is 1.63 bits per heavy atom. The summed E-state index contributed by atoms with van der Waals surface area (Å²) < 4.78 is 0. The van der Waals surface area contributed by atoms with Crippen molar-refractivity contribution in [1.82, 2.24) is 9.97 Å². The van der Waals surface area contributed by atoms with Gasteiger partial charge in [0.2, 0.25) is 0 Å². The van der Waals surface area contributed by atoms with Gasteiger partial charge in [0.25, 0.3) is 0 Å². The molecule has 11 rings (SSSR count). The maximum atomic E-state index is 5.14. The van der Waals surface area contributed by atoms with Gasteiger partial charge in [0.1, 0.15) is 0 Å². The van der Waals surface area contributed by atoms with Gasteiger partial charge in [-0.2, -0.15) is 0 Å². The molecule has 0 fully saturated rings. The predicted octanol–water partition coefficient (Wildman–Crippen LogP) is 15.1. The lowest BCUT2D eigenvalue weighted by Gasteiger charge is -2.22. The highest BCUT2D eigenvalue weighted by molar-refractivity contribution is 6.09. The van der Waals surface area contributed by atoms with E-state index in [2.05, 4.69) is 202 Å². The lowest BCUT2D eigenvalue weighted by atomic mass is 9.81. The summed E-state index contributed by atoms with van der Waals surface area (Å²) in [6, 6.07) is 74.3. The van der Waals surface area contributed by atoms with Gasteiger partial charge in [-0.25, -0.2) is 9.97 Å². The molecule has 0 N–H and O–H groups in total. The van der Waals surface area contributed by atoms with Crippen LogP contribution in [0.15, 0.2) is 206 Å². The molecule has 1 aromatic heterocycles. The SMILES string of the molecule is CC1(C)c2cc3ccccc3cc2-c2c(-c3ccc(-c4ccc(-c5cc(-c6cccc(-c7ccccc7)c6)nc(-c6ccccc6)n5)cc4)c4ccccc34)cccc21. The Kier molecular flexibility index (Phi) is 8.20. The van der Waals surface area contributed by atoms with Crippen LogP contribution >= 0.6 is 0 Å². The average molecular weight is 753 g/mol. The molecule has 0 unspecified atom stereocenters. The zero-order chi connectivity index (χ0) is 39.5. The molecule has 0 bridgehead atoms. The molecule has 0 spiro atoms. The Bertz CT molecular complexity index is 3220. The van der Waals surface area contributed by atoms with E-state index in [1.165, 1.54) is 71.6 Å². The van der Waals surface area contributed by atoms with Gasteiger partial charge in [0.05, 0.1) is 11.4 Å². The van der Waals surface area contributed by atoms with Crippen molar-refractivity contribution in [1.29, 1.82) is 0 Å². The van der Waals surface area contributed by atoms with Crippen molar-refractivity contribution in [3.05, 3.63) is 217 Å². The van der Waals surface area contributed by atoms with Gasteiger partial charge in [0.15, 0.2) is 5.82 Å². The van der Waals surface area contributed by atoms with Gasteiger partial charge >= 0.3 is 0 Å². The van der Waals surface area contributed by atoms with Crippen LogP contribution < -0.4 is 0 Å². The Balaban J connectivity index is 0.997. The van der Waals surface area contributed by atoms with Crippen molar-refractivity contribution in [2.45, 2.75) is 19.3 Å². The van der Waals surface area contributed by atoms with Gasteiger partial charge in [-0.3, -0.25) is 0 Å². The summed E-state index contributed by atoms with van der Waals surface area (Å²) >= 11 is 0. The third kappa shape index (κ3) is 5.96. The number of benzene rings is 9. The lowest BCUT2D eigenvalue weighted by molar-refractivity contribution is 0.661. The second-order valence-corrected chi connectivity index (χ2v) is 16.2. The Hall–Kier alpha value is -7.42. The Morgan fingerprint density at radius 1 is 0.322 bits per heavy atom. The van der Waals surface area contributed by atoms with Crippen LogP contribution in [0.1, 0.15) is 25.0 Å². The zero-order valence-corrected chi connectivity index (χ0v) is 33.0. The second kappa shape index (κ2) is 13.9. The topological polar surface area (TPSA) is 25.8 Å². The Morgan fingerprint density at radius 2 is 0.881 bits per heavy atom. The van der Waals surface area contributed by atoms with Gasteiger partial charge in [-0.05, 0) is 101 Å². The number of hydrogen-bond donors (Lipinski definition) is 0. The third-order valence-electron chi connectivity index (χ3n) is 12.3. The molecule has 9 aromatic carbocycles. The fraction of sp³-hybridized carbons (Fsp3) is 0.0526. The minimum atomic E-state index is -0.0965. The van der Waals surface area contributed by atoms with Crippen molar-refractivity contribution in [2.75, 3.05) is 0 Å². The molecule has 0 amide bonds. The van der Waals surface area contributed by atoms with E-state index < -0.39 is 0 Å². The van der Waals surface area contributed by atoms with E-state index >= 15 is 0 Å². The summed E-state index contributed by atoms with van der Waals surface area (Å²) in [6.07, 6.45) is 0. The molecule has 59 heavy (non-hydrogen) atoms. The first-order chi connectivity index (χ1) is 29.0. The van der Waals surface area contributed by atoms with Gasteiger partial charge in [-0.1, -0.05) is 196 Å². The average Bonchev–Trinajstić information content (AvgIpc) is 3.53. The van der Waals surface area contributed by atoms with Gasteiger partial charge in [0, 0.05) is 22.1 Å². The summed E-state index contributed by atoms with van der Waals surface area (Å²) in [5.74, 6) is 0.709. The van der Waals surface area contributed by atoms with Crippen LogP contribution in [0.2, 0.25) is 0 Å². The van der Waals surface area contributed by atoms with Crippen LogP contribution in [0, 0.1) is 0 Å². The van der Waals surface area contributed by atoms with Crippen molar-refractivity contribution < 1.29 is 0 Å². The summed E-state index contributed by atoms with van der Waals surface area (Å²) in [4.78, 5) is 10.2. The van der Waals surface area contributed by atoms with Crippen molar-refractivity contribution in [2.24, 2.45) is 0 Å². The number of nitrogens with zero attached hydrogens (tertiary/aromatic N) is 2. The molecular weight excluding hydrogens is 713 g/mol. The third-order valence-corrected chi connectivity index (χ3v) is 12.3. The number of aromatic nitrogens is 2. The fourth-order valence-electron chi connectivity index (χ4n) is 9.25. The van der Waals surface area contributed by atoms with Crippen molar-refractivity contribution >= 4 is 21.5 Å². The maximum absolute atomic E-state index is 5.14. The predicted molar refractivity (Wildman–Crippen MR) is 247 cm³/mol. The molecule has 1 heterocycles. The molecule has 0 aliphatic heterocycles. The van der Waals surface area contributed by atoms with Crippen LogP contribution in [0.4, 0.5) is 0 Å². The van der Waals surface area contributed by atoms with E-state index in [-0.39, 0.29) is 5.41 Å². The summed E-state index contributed by atoms with van der Waals surface area (Å²) in [5, 5.41) is 5.06. The molecule has 2 heteroatoms. The highest BCUT2D eigenvalue weighted by atomic mass is 14.9. The lowest BCUT2D eigenvalue weighted by Crippen LogP contribution is -2.14. The molecule has 10 aromatic rings. The van der Waals surface area contributed by atoms with Gasteiger partial charge in [-0.15, -0.1) is 0 Å². The molecule has 1 aliphatic rings. The van der Waals surface area contributed by atoms with Crippen molar-refractivity contribution in [3.63, 3.8) is 0 Å². The van der Waals surface area contributed by atoms with E-state index in [4.69, 9.17) is 9.97 Å². The number of hydrogen-bond acceptors (Lipinski definition) is 2. The highest BCUT2D eigenvalue weighted by Crippen LogP contribution is 2.54. The number of rotatable bonds is 6. The Labute approximate surface area is 345 Å². The van der Waals surface area contributed by atoms with Crippen LogP contribution in [0.3, 0.4) is 0 Å². The molecule has 2 nitrogen and oxygen atoms in total. The molecule has 0 atom stereocenters. The zero-order valence-electron chi connectivity index (χ0n) is 33.0. The summed E-state index contributed by atoms with van der Waals surface area (Å²) in [6.45, 7) is 4.74. The fourth-order valence-corrected chi connectivity index (χ4v) is 9.25. The van der Waals surface area contributed by atoms with E-state index in [0.29, 0.717) is 5.82 Å². The largest absolute Gasteiger partial charge is 0.228 e. The minimum Gasteiger partial charge on any atom is -0.228 e. The number of fused-ring (bicyclic) bond motifs is 5. The van der Waals surface area contributed by atoms with E-state index in [1.54, 1.807) is 0 Å². The minimum absolute atomic E-state index is 0.0965. The van der Waals surface area contributed by atoms with E-state index in [1.807, 2.05) is 18.2 Å². The van der Waals surface area contributed by atoms with Crippen LogP contribution in [0.5, 0.6) is 0 Å². The first kappa shape index (κ1) is 34.8. The van der Waals surface area contributed by atoms with Crippen molar-refractivity contribution in [3.8, 4) is 78.4 Å². The van der Waals surface area contributed by atoms with Crippen LogP contribution in [0.25, 0.3) is 100.0 Å².